The molecule has 0 bridgehead atoms. The van der Waals surface area contributed by atoms with E-state index >= 15 is 0 Å². The second-order valence-electron chi connectivity index (χ2n) is 3.39. The predicted molar refractivity (Wildman–Crippen MR) is 54.6 cm³/mol. The molecule has 1 amide bonds. The molecule has 0 saturated carbocycles. The maximum atomic E-state index is 11.4. The van der Waals surface area contributed by atoms with Crippen molar-refractivity contribution in [2.45, 2.75) is 26.2 Å². The van der Waals surface area contributed by atoms with E-state index in [1.807, 2.05) is 16.8 Å². The SMILES string of the molecule is CCCCCN1C(=O)CN(C)C1=[Se]. The van der Waals surface area contributed by atoms with Crippen molar-refractivity contribution in [1.82, 2.24) is 9.80 Å². The van der Waals surface area contributed by atoms with E-state index < -0.39 is 0 Å². The molecule has 4 heteroatoms. The van der Waals surface area contributed by atoms with Crippen LogP contribution in [-0.2, 0) is 4.79 Å². The van der Waals surface area contributed by atoms with E-state index in [1.54, 1.807) is 0 Å². The molecule has 1 rings (SSSR count). The Morgan fingerprint density at radius 2 is 2.15 bits per heavy atom. The van der Waals surface area contributed by atoms with Gasteiger partial charge in [-0.15, -0.1) is 0 Å². The van der Waals surface area contributed by atoms with Gasteiger partial charge in [0.25, 0.3) is 0 Å². The van der Waals surface area contributed by atoms with Gasteiger partial charge in [0.05, 0.1) is 0 Å². The Morgan fingerprint density at radius 1 is 1.46 bits per heavy atom. The van der Waals surface area contributed by atoms with Crippen molar-refractivity contribution in [2.24, 2.45) is 0 Å². The third-order valence-electron chi connectivity index (χ3n) is 2.22. The van der Waals surface area contributed by atoms with Crippen LogP contribution in [0.25, 0.3) is 0 Å². The van der Waals surface area contributed by atoms with Crippen LogP contribution < -0.4 is 0 Å². The molecule has 1 aliphatic rings. The van der Waals surface area contributed by atoms with E-state index in [-0.39, 0.29) is 5.91 Å². The average Bonchev–Trinajstić information content (AvgIpc) is 2.32. The van der Waals surface area contributed by atoms with Crippen molar-refractivity contribution in [3.05, 3.63) is 0 Å². The Balaban J connectivity index is 2.40. The van der Waals surface area contributed by atoms with Gasteiger partial charge in [-0.25, -0.2) is 0 Å². The maximum absolute atomic E-state index is 11.4. The zero-order valence-corrected chi connectivity index (χ0v) is 9.96. The quantitative estimate of drug-likeness (QED) is 0.523. The van der Waals surface area contributed by atoms with Crippen LogP contribution >= 0.6 is 0 Å². The second-order valence-corrected chi connectivity index (χ2v) is 4.16. The van der Waals surface area contributed by atoms with Gasteiger partial charge in [-0.1, -0.05) is 0 Å². The van der Waals surface area contributed by atoms with Crippen LogP contribution in [0.3, 0.4) is 0 Å². The molecular formula is C9H16N2OSe. The minimum absolute atomic E-state index is 0.215. The van der Waals surface area contributed by atoms with E-state index in [9.17, 15) is 4.79 Å². The summed E-state index contributed by atoms with van der Waals surface area (Å²) in [6.07, 6.45) is 3.49. The first-order valence-electron chi connectivity index (χ1n) is 4.72. The van der Waals surface area contributed by atoms with Gasteiger partial charge in [0.1, 0.15) is 0 Å². The van der Waals surface area contributed by atoms with Gasteiger partial charge >= 0.3 is 87.1 Å². The standard InChI is InChI=1S/C9H16N2OSe/c1-3-4-5-6-11-8(12)7-10(2)9(11)13/h3-7H2,1-2H3. The average molecular weight is 247 g/mol. The fourth-order valence-corrected chi connectivity index (χ4v) is 1.95. The monoisotopic (exact) mass is 248 g/mol. The van der Waals surface area contributed by atoms with Crippen LogP contribution in [0.4, 0.5) is 0 Å². The van der Waals surface area contributed by atoms with E-state index in [0.29, 0.717) is 6.54 Å². The second kappa shape index (κ2) is 4.77. The molecular weight excluding hydrogens is 231 g/mol. The van der Waals surface area contributed by atoms with E-state index in [0.717, 1.165) is 17.6 Å². The Bertz CT molecular complexity index is 218. The molecule has 0 aromatic carbocycles. The van der Waals surface area contributed by atoms with Crippen LogP contribution in [0, 0.1) is 0 Å². The van der Waals surface area contributed by atoms with Crippen molar-refractivity contribution < 1.29 is 4.79 Å². The van der Waals surface area contributed by atoms with Crippen LogP contribution in [-0.4, -0.2) is 56.1 Å². The Labute approximate surface area is 87.4 Å². The number of carbonyl (C=O) groups excluding carboxylic acids is 1. The summed E-state index contributed by atoms with van der Waals surface area (Å²) in [5, 5.41) is 0. The minimum atomic E-state index is 0.215. The molecule has 0 atom stereocenters. The van der Waals surface area contributed by atoms with Crippen molar-refractivity contribution >= 4 is 26.1 Å². The van der Waals surface area contributed by atoms with Gasteiger partial charge in [-0.2, -0.15) is 0 Å². The molecule has 0 N–H and O–H groups in total. The van der Waals surface area contributed by atoms with Gasteiger partial charge < -0.3 is 0 Å². The third-order valence-corrected chi connectivity index (χ3v) is 3.33. The molecule has 1 heterocycles. The van der Waals surface area contributed by atoms with E-state index in [4.69, 9.17) is 0 Å². The normalized spacial score (nSPS) is 17.4. The zero-order chi connectivity index (χ0) is 9.84. The summed E-state index contributed by atoms with van der Waals surface area (Å²) in [4.78, 5) is 15.2. The number of likely N-dealkylation sites (N-methyl/N-ethyl adjacent to an activating group) is 1. The Morgan fingerprint density at radius 3 is 2.62 bits per heavy atom. The van der Waals surface area contributed by atoms with Gasteiger partial charge in [0, 0.05) is 0 Å². The first-order chi connectivity index (χ1) is 6.16. The molecule has 3 nitrogen and oxygen atoms in total. The number of unbranched alkanes of at least 4 members (excludes halogenated alkanes) is 2. The molecule has 0 radical (unpaired) electrons. The first kappa shape index (κ1) is 10.7. The third kappa shape index (κ3) is 2.55. The summed E-state index contributed by atoms with van der Waals surface area (Å²) in [6, 6.07) is 0. The first-order valence-corrected chi connectivity index (χ1v) is 5.58. The van der Waals surface area contributed by atoms with Crippen LogP contribution in [0.2, 0.25) is 0 Å². The van der Waals surface area contributed by atoms with Crippen molar-refractivity contribution in [2.75, 3.05) is 20.1 Å². The van der Waals surface area contributed by atoms with Gasteiger partial charge in [-0.05, 0) is 0 Å². The Hall–Kier alpha value is -0.341. The number of hydrogen-bond donors (Lipinski definition) is 0. The molecule has 0 aromatic heterocycles. The number of rotatable bonds is 4. The molecule has 0 aromatic rings. The van der Waals surface area contributed by atoms with Crippen LogP contribution in [0.15, 0.2) is 0 Å². The summed E-state index contributed by atoms with van der Waals surface area (Å²) < 4.78 is 0.973. The fourth-order valence-electron chi connectivity index (χ4n) is 1.41. The van der Waals surface area contributed by atoms with Gasteiger partial charge in [0.15, 0.2) is 0 Å². The summed E-state index contributed by atoms with van der Waals surface area (Å²) in [5.74, 6) is 0.215. The van der Waals surface area contributed by atoms with Crippen LogP contribution in [0.5, 0.6) is 0 Å². The molecule has 1 saturated heterocycles. The van der Waals surface area contributed by atoms with Crippen molar-refractivity contribution in [1.29, 1.82) is 0 Å². The summed E-state index contributed by atoms with van der Waals surface area (Å²) >= 11 is 2.94. The molecule has 0 unspecified atom stereocenters. The predicted octanol–water partition coefficient (Wildman–Crippen LogP) is 0.207. The van der Waals surface area contributed by atoms with Gasteiger partial charge in [0.2, 0.25) is 0 Å². The molecule has 0 aliphatic carbocycles. The summed E-state index contributed by atoms with van der Waals surface area (Å²) in [5.41, 5.74) is 0. The summed E-state index contributed by atoms with van der Waals surface area (Å²) in [6.45, 7) is 3.55. The molecule has 0 spiro atoms. The van der Waals surface area contributed by atoms with Crippen LogP contribution in [0.1, 0.15) is 26.2 Å². The molecule has 13 heavy (non-hydrogen) atoms. The molecule has 1 fully saturated rings. The van der Waals surface area contributed by atoms with Crippen molar-refractivity contribution in [3.8, 4) is 0 Å². The van der Waals surface area contributed by atoms with Crippen molar-refractivity contribution in [3.63, 3.8) is 0 Å². The number of hydrogen-bond acceptors (Lipinski definition) is 2. The van der Waals surface area contributed by atoms with E-state index in [1.165, 1.54) is 12.8 Å². The number of amides is 1. The molecule has 1 aliphatic heterocycles. The topological polar surface area (TPSA) is 23.6 Å². The number of carbonyl (C=O) groups is 1. The molecule has 74 valence electrons. The van der Waals surface area contributed by atoms with Gasteiger partial charge in [-0.3, -0.25) is 0 Å². The zero-order valence-electron chi connectivity index (χ0n) is 8.25. The van der Waals surface area contributed by atoms with E-state index in [2.05, 4.69) is 22.5 Å². The number of nitrogens with zero attached hydrogens (tertiary/aromatic N) is 2. The summed E-state index contributed by atoms with van der Waals surface area (Å²) in [7, 11) is 1.93. The Kier molecular flexibility index (Phi) is 3.94. The fraction of sp³-hybridized carbons (Fsp3) is 0.778.